The first kappa shape index (κ1) is 11.9. The first-order valence-corrected chi connectivity index (χ1v) is 7.31. The summed E-state index contributed by atoms with van der Waals surface area (Å²) in [7, 11) is 2.28. The third-order valence-electron chi connectivity index (χ3n) is 4.96. The van der Waals surface area contributed by atoms with Crippen molar-refractivity contribution in [2.45, 2.75) is 31.7 Å². The standard InChI is InChI=1S/C14H26N2O/c1-16(9-14-10-17-5-4-15-14)8-13-7-11-2-3-12(13)6-11/h11-15H,2-10H2,1H3. The highest BCUT2D eigenvalue weighted by Gasteiger charge is 2.39. The van der Waals surface area contributed by atoms with Crippen LogP contribution in [0.25, 0.3) is 0 Å². The molecule has 4 unspecified atom stereocenters. The zero-order valence-electron chi connectivity index (χ0n) is 11.0. The third kappa shape index (κ3) is 2.83. The lowest BCUT2D eigenvalue weighted by Gasteiger charge is -2.31. The molecule has 0 radical (unpaired) electrons. The average Bonchev–Trinajstić information content (AvgIpc) is 2.92. The van der Waals surface area contributed by atoms with Gasteiger partial charge in [-0.05, 0) is 44.1 Å². The van der Waals surface area contributed by atoms with E-state index in [2.05, 4.69) is 17.3 Å². The van der Waals surface area contributed by atoms with Gasteiger partial charge in [0.2, 0.25) is 0 Å². The second kappa shape index (κ2) is 5.25. The van der Waals surface area contributed by atoms with E-state index in [-0.39, 0.29) is 0 Å². The Labute approximate surface area is 105 Å². The molecule has 0 aromatic heterocycles. The van der Waals surface area contributed by atoms with Gasteiger partial charge in [-0.15, -0.1) is 0 Å². The number of morpholine rings is 1. The number of nitrogens with zero attached hydrogens (tertiary/aromatic N) is 1. The molecule has 17 heavy (non-hydrogen) atoms. The van der Waals surface area contributed by atoms with Gasteiger partial charge in [0.05, 0.1) is 13.2 Å². The maximum Gasteiger partial charge on any atom is 0.0632 e. The Morgan fingerprint density at radius 2 is 2.18 bits per heavy atom. The van der Waals surface area contributed by atoms with Gasteiger partial charge in [0.15, 0.2) is 0 Å². The number of likely N-dealkylation sites (N-methyl/N-ethyl adjacent to an activating group) is 1. The van der Waals surface area contributed by atoms with Crippen molar-refractivity contribution in [1.82, 2.24) is 10.2 Å². The van der Waals surface area contributed by atoms with Crippen LogP contribution in [-0.4, -0.2) is 50.8 Å². The Morgan fingerprint density at radius 1 is 1.24 bits per heavy atom. The molecule has 3 nitrogen and oxygen atoms in total. The van der Waals surface area contributed by atoms with Crippen molar-refractivity contribution in [2.24, 2.45) is 17.8 Å². The maximum atomic E-state index is 5.51. The molecule has 1 saturated heterocycles. The summed E-state index contributed by atoms with van der Waals surface area (Å²) in [6.07, 6.45) is 6.06. The molecule has 3 rings (SSSR count). The highest BCUT2D eigenvalue weighted by Crippen LogP contribution is 2.48. The van der Waals surface area contributed by atoms with Gasteiger partial charge >= 0.3 is 0 Å². The second-order valence-corrected chi connectivity index (χ2v) is 6.38. The SMILES string of the molecule is CN(CC1COCCN1)CC1CC2CCC1C2. The van der Waals surface area contributed by atoms with E-state index in [9.17, 15) is 0 Å². The highest BCUT2D eigenvalue weighted by molar-refractivity contribution is 4.91. The third-order valence-corrected chi connectivity index (χ3v) is 4.96. The summed E-state index contributed by atoms with van der Waals surface area (Å²) >= 11 is 0. The Bertz CT molecular complexity index is 253. The van der Waals surface area contributed by atoms with Crippen LogP contribution in [0.1, 0.15) is 25.7 Å². The van der Waals surface area contributed by atoms with E-state index < -0.39 is 0 Å². The summed E-state index contributed by atoms with van der Waals surface area (Å²) in [5, 5.41) is 3.54. The van der Waals surface area contributed by atoms with Crippen molar-refractivity contribution in [3.63, 3.8) is 0 Å². The highest BCUT2D eigenvalue weighted by atomic mass is 16.5. The number of hydrogen-bond acceptors (Lipinski definition) is 3. The van der Waals surface area contributed by atoms with Crippen LogP contribution in [0.2, 0.25) is 0 Å². The number of fused-ring (bicyclic) bond motifs is 2. The van der Waals surface area contributed by atoms with Gasteiger partial charge in [-0.2, -0.15) is 0 Å². The monoisotopic (exact) mass is 238 g/mol. The van der Waals surface area contributed by atoms with Crippen molar-refractivity contribution < 1.29 is 4.74 Å². The summed E-state index contributed by atoms with van der Waals surface area (Å²) < 4.78 is 5.51. The normalized spacial score (nSPS) is 41.3. The summed E-state index contributed by atoms with van der Waals surface area (Å²) in [5.74, 6) is 3.12. The summed E-state index contributed by atoms with van der Waals surface area (Å²) in [6.45, 7) is 5.24. The summed E-state index contributed by atoms with van der Waals surface area (Å²) in [5.41, 5.74) is 0. The first-order valence-electron chi connectivity index (χ1n) is 7.31. The second-order valence-electron chi connectivity index (χ2n) is 6.38. The fourth-order valence-corrected chi connectivity index (χ4v) is 4.19. The zero-order chi connectivity index (χ0) is 11.7. The molecule has 2 saturated carbocycles. The van der Waals surface area contributed by atoms with Crippen LogP contribution < -0.4 is 5.32 Å². The molecule has 2 bridgehead atoms. The Morgan fingerprint density at radius 3 is 2.82 bits per heavy atom. The lowest BCUT2D eigenvalue weighted by Crippen LogP contribution is -2.48. The van der Waals surface area contributed by atoms with Gasteiger partial charge in [-0.3, -0.25) is 0 Å². The van der Waals surface area contributed by atoms with Crippen molar-refractivity contribution in [2.75, 3.05) is 39.9 Å². The van der Waals surface area contributed by atoms with Crippen molar-refractivity contribution >= 4 is 0 Å². The van der Waals surface area contributed by atoms with E-state index in [1.807, 2.05) is 0 Å². The fraction of sp³-hybridized carbons (Fsp3) is 1.00. The van der Waals surface area contributed by atoms with Crippen LogP contribution in [-0.2, 0) is 4.74 Å². The molecule has 0 spiro atoms. The van der Waals surface area contributed by atoms with Crippen LogP contribution in [0.5, 0.6) is 0 Å². The molecule has 3 heteroatoms. The van der Waals surface area contributed by atoms with Crippen LogP contribution in [0.15, 0.2) is 0 Å². The fourth-order valence-electron chi connectivity index (χ4n) is 4.19. The van der Waals surface area contributed by atoms with Gasteiger partial charge in [-0.1, -0.05) is 6.42 Å². The molecule has 98 valence electrons. The van der Waals surface area contributed by atoms with E-state index in [4.69, 9.17) is 4.74 Å². The zero-order valence-corrected chi connectivity index (χ0v) is 11.0. The molecule has 3 fully saturated rings. The summed E-state index contributed by atoms with van der Waals surface area (Å²) in [6, 6.07) is 0.548. The topological polar surface area (TPSA) is 24.5 Å². The largest absolute Gasteiger partial charge is 0.378 e. The van der Waals surface area contributed by atoms with E-state index in [1.54, 1.807) is 0 Å². The minimum atomic E-state index is 0.548. The smallest absolute Gasteiger partial charge is 0.0632 e. The minimum Gasteiger partial charge on any atom is -0.378 e. The molecular formula is C14H26N2O. The number of nitrogens with one attached hydrogen (secondary N) is 1. The summed E-state index contributed by atoms with van der Waals surface area (Å²) in [4.78, 5) is 2.53. The number of ether oxygens (including phenoxy) is 1. The Balaban J connectivity index is 1.42. The number of rotatable bonds is 4. The molecule has 0 aromatic rings. The van der Waals surface area contributed by atoms with Crippen LogP contribution in [0.4, 0.5) is 0 Å². The molecule has 1 N–H and O–H groups in total. The number of hydrogen-bond donors (Lipinski definition) is 1. The lowest BCUT2D eigenvalue weighted by atomic mass is 9.88. The Kier molecular flexibility index (Phi) is 3.69. The molecule has 3 aliphatic rings. The predicted octanol–water partition coefficient (Wildman–Crippen LogP) is 1.34. The van der Waals surface area contributed by atoms with Gasteiger partial charge in [0, 0.05) is 25.7 Å². The lowest BCUT2D eigenvalue weighted by molar-refractivity contribution is 0.0619. The van der Waals surface area contributed by atoms with Crippen LogP contribution in [0.3, 0.4) is 0 Å². The maximum absolute atomic E-state index is 5.51. The van der Waals surface area contributed by atoms with Crippen molar-refractivity contribution in [3.05, 3.63) is 0 Å². The van der Waals surface area contributed by atoms with Crippen molar-refractivity contribution in [3.8, 4) is 0 Å². The van der Waals surface area contributed by atoms with Gasteiger partial charge in [-0.25, -0.2) is 0 Å². The molecule has 0 amide bonds. The van der Waals surface area contributed by atoms with Crippen LogP contribution in [0, 0.1) is 17.8 Å². The Hall–Kier alpha value is -0.120. The van der Waals surface area contributed by atoms with E-state index in [1.165, 1.54) is 32.2 Å². The molecule has 1 heterocycles. The molecule has 0 aromatic carbocycles. The average molecular weight is 238 g/mol. The van der Waals surface area contributed by atoms with E-state index in [0.717, 1.165) is 44.1 Å². The van der Waals surface area contributed by atoms with E-state index >= 15 is 0 Å². The van der Waals surface area contributed by atoms with Crippen LogP contribution >= 0.6 is 0 Å². The molecule has 2 aliphatic carbocycles. The van der Waals surface area contributed by atoms with Gasteiger partial charge < -0.3 is 15.0 Å². The molecular weight excluding hydrogens is 212 g/mol. The first-order chi connectivity index (χ1) is 8.31. The van der Waals surface area contributed by atoms with Crippen molar-refractivity contribution in [1.29, 1.82) is 0 Å². The van der Waals surface area contributed by atoms with Gasteiger partial charge in [0.25, 0.3) is 0 Å². The quantitative estimate of drug-likeness (QED) is 0.800. The molecule has 1 aliphatic heterocycles. The minimum absolute atomic E-state index is 0.548. The molecule has 4 atom stereocenters. The van der Waals surface area contributed by atoms with E-state index in [0.29, 0.717) is 6.04 Å². The predicted molar refractivity (Wildman–Crippen MR) is 69.0 cm³/mol. The van der Waals surface area contributed by atoms with Gasteiger partial charge in [0.1, 0.15) is 0 Å².